The van der Waals surface area contributed by atoms with E-state index < -0.39 is 32.7 Å². The molecule has 1 aromatic heterocycles. The highest BCUT2D eigenvalue weighted by molar-refractivity contribution is 7.43. The van der Waals surface area contributed by atoms with Crippen LogP contribution in [-0.4, -0.2) is 43.3 Å². The second-order valence-corrected chi connectivity index (χ2v) is 4.80. The predicted octanol–water partition coefficient (Wildman–Crippen LogP) is -1.94. The number of aromatic nitrogens is 3. The van der Waals surface area contributed by atoms with E-state index in [2.05, 4.69) is 9.97 Å². The maximum atomic E-state index is 11.6. The zero-order chi connectivity index (χ0) is 14.0. The molecule has 11 heteroatoms. The molecule has 0 spiro atoms. The number of aliphatic hydroxyl groups excluding tert-OH is 1. The monoisotopic (exact) mass is 291 g/mol. The van der Waals surface area contributed by atoms with Crippen molar-refractivity contribution in [3.63, 3.8) is 0 Å². The van der Waals surface area contributed by atoms with Crippen LogP contribution in [0.5, 0.6) is 0 Å². The number of anilines is 1. The first-order chi connectivity index (χ1) is 8.97. The van der Waals surface area contributed by atoms with Gasteiger partial charge >= 0.3 is 5.69 Å². The minimum absolute atomic E-state index is 0.0685. The molecule has 6 N–H and O–H groups in total. The highest BCUT2D eigenvalue weighted by Gasteiger charge is 2.36. The van der Waals surface area contributed by atoms with Crippen molar-refractivity contribution in [2.24, 2.45) is 5.50 Å². The average Bonchev–Trinajstić information content (AvgIpc) is 2.67. The lowest BCUT2D eigenvalue weighted by atomic mass is 10.2. The molecular weight excluding hydrogens is 277 g/mol. The molecular formula is C8H14N5O5P. The van der Waals surface area contributed by atoms with Gasteiger partial charge in [0.15, 0.2) is 0 Å². The average molecular weight is 291 g/mol. The molecule has 4 atom stereocenters. The Kier molecular flexibility index (Phi) is 4.40. The fourth-order valence-corrected chi connectivity index (χ4v) is 2.04. The van der Waals surface area contributed by atoms with Gasteiger partial charge in [-0.05, 0) is 0 Å². The maximum absolute atomic E-state index is 11.6. The standard InChI is InChI=1S/C8H14N5O5P/c9-7-11-3-13(8(15)12-7)6-1-4(14)5(18-6)2-17-19(10)16/h3-6,14,16H,1-2,10H2,(H2,9,12,15)/t4-,5+,6+,19?/m0/s1. The van der Waals surface area contributed by atoms with Crippen LogP contribution in [0, 0.1) is 0 Å². The van der Waals surface area contributed by atoms with Crippen LogP contribution in [0.4, 0.5) is 5.95 Å². The van der Waals surface area contributed by atoms with E-state index >= 15 is 0 Å². The van der Waals surface area contributed by atoms with Crippen molar-refractivity contribution >= 4 is 14.5 Å². The molecule has 2 heterocycles. The Morgan fingerprint density at radius 2 is 2.42 bits per heavy atom. The molecule has 0 aliphatic carbocycles. The number of nitrogens with two attached hydrogens (primary N) is 2. The summed E-state index contributed by atoms with van der Waals surface area (Å²) in [6, 6.07) is 0. The van der Waals surface area contributed by atoms with E-state index in [9.17, 15) is 9.90 Å². The number of aliphatic hydroxyl groups is 1. The fraction of sp³-hybridized carbons (Fsp3) is 0.625. The van der Waals surface area contributed by atoms with E-state index in [0.717, 1.165) is 4.57 Å². The van der Waals surface area contributed by atoms with Crippen molar-refractivity contribution in [2.75, 3.05) is 12.3 Å². The van der Waals surface area contributed by atoms with E-state index in [0.29, 0.717) is 0 Å². The number of hydrogen-bond acceptors (Lipinski definition) is 9. The van der Waals surface area contributed by atoms with Crippen LogP contribution in [-0.2, 0) is 9.26 Å². The Morgan fingerprint density at radius 3 is 3.05 bits per heavy atom. The number of nitrogen functional groups attached to an aromatic ring is 1. The molecule has 1 aliphatic heterocycles. The molecule has 0 aromatic carbocycles. The summed E-state index contributed by atoms with van der Waals surface area (Å²) in [4.78, 5) is 27.6. The van der Waals surface area contributed by atoms with E-state index in [1.165, 1.54) is 6.33 Å². The second kappa shape index (κ2) is 5.87. The van der Waals surface area contributed by atoms with Gasteiger partial charge in [-0.25, -0.2) is 9.78 Å². The first-order valence-corrected chi connectivity index (χ1v) is 6.66. The summed E-state index contributed by atoms with van der Waals surface area (Å²) in [5.41, 5.74) is 9.73. The molecule has 0 amide bonds. The van der Waals surface area contributed by atoms with Crippen molar-refractivity contribution in [3.05, 3.63) is 16.8 Å². The molecule has 0 radical (unpaired) electrons. The minimum atomic E-state index is -2.02. The van der Waals surface area contributed by atoms with Crippen molar-refractivity contribution in [3.8, 4) is 0 Å². The lowest BCUT2D eigenvalue weighted by Crippen LogP contribution is -2.29. The second-order valence-electron chi connectivity index (χ2n) is 3.93. The molecule has 1 unspecified atom stereocenters. The van der Waals surface area contributed by atoms with Gasteiger partial charge < -0.3 is 25.0 Å². The molecule has 19 heavy (non-hydrogen) atoms. The molecule has 0 bridgehead atoms. The van der Waals surface area contributed by atoms with Gasteiger partial charge in [0.25, 0.3) is 0 Å². The van der Waals surface area contributed by atoms with Crippen LogP contribution >= 0.6 is 8.53 Å². The third-order valence-electron chi connectivity index (χ3n) is 2.63. The molecule has 2 rings (SSSR count). The highest BCUT2D eigenvalue weighted by atomic mass is 31.2. The maximum Gasteiger partial charge on any atom is 0.354 e. The Balaban J connectivity index is 2.05. The number of hydrogen-bond donors (Lipinski definition) is 4. The van der Waals surface area contributed by atoms with Gasteiger partial charge in [0.2, 0.25) is 14.5 Å². The summed E-state index contributed by atoms with van der Waals surface area (Å²) in [6.45, 7) is -0.0685. The Bertz CT molecular complexity index is 497. The van der Waals surface area contributed by atoms with Gasteiger partial charge in [0.05, 0.1) is 12.7 Å². The third kappa shape index (κ3) is 3.44. The van der Waals surface area contributed by atoms with Crippen molar-refractivity contribution in [2.45, 2.75) is 24.9 Å². The van der Waals surface area contributed by atoms with Gasteiger partial charge in [0.1, 0.15) is 18.7 Å². The summed E-state index contributed by atoms with van der Waals surface area (Å²) in [7, 11) is -2.02. The quantitative estimate of drug-likeness (QED) is 0.463. The van der Waals surface area contributed by atoms with Crippen LogP contribution < -0.4 is 16.9 Å². The van der Waals surface area contributed by atoms with E-state index in [1.807, 2.05) is 0 Å². The molecule has 1 aromatic rings. The van der Waals surface area contributed by atoms with Crippen LogP contribution in [0.15, 0.2) is 11.1 Å². The van der Waals surface area contributed by atoms with Crippen LogP contribution in [0.1, 0.15) is 12.6 Å². The molecule has 10 nitrogen and oxygen atoms in total. The van der Waals surface area contributed by atoms with Crippen LogP contribution in [0.3, 0.4) is 0 Å². The minimum Gasteiger partial charge on any atom is -0.390 e. The Hall–Kier alpha value is -1.16. The zero-order valence-corrected chi connectivity index (χ0v) is 10.7. The van der Waals surface area contributed by atoms with E-state index in [4.69, 9.17) is 25.4 Å². The number of rotatable bonds is 4. The number of ether oxygens (including phenoxy) is 1. The largest absolute Gasteiger partial charge is 0.390 e. The third-order valence-corrected chi connectivity index (χ3v) is 3.04. The SMILES string of the molecule is Nc1ncn([C@H]2C[C@H](O)[C@@H](COP(N)O)O2)c(=O)n1. The topological polar surface area (TPSA) is 159 Å². The summed E-state index contributed by atoms with van der Waals surface area (Å²) in [6.07, 6.45) is -0.860. The van der Waals surface area contributed by atoms with Gasteiger partial charge in [0, 0.05) is 6.42 Å². The molecule has 106 valence electrons. The summed E-state index contributed by atoms with van der Waals surface area (Å²) in [5, 5.41) is 9.78. The van der Waals surface area contributed by atoms with Crippen molar-refractivity contribution in [1.29, 1.82) is 0 Å². The van der Waals surface area contributed by atoms with Gasteiger partial charge in [-0.1, -0.05) is 0 Å². The van der Waals surface area contributed by atoms with E-state index in [1.54, 1.807) is 0 Å². The Labute approximate surface area is 109 Å². The normalized spacial score (nSPS) is 28.5. The van der Waals surface area contributed by atoms with Crippen LogP contribution in [0.2, 0.25) is 0 Å². The number of nitrogens with zero attached hydrogens (tertiary/aromatic N) is 3. The molecule has 1 aliphatic rings. The summed E-state index contributed by atoms with van der Waals surface area (Å²) in [5.74, 6) is -0.131. The molecule has 1 saturated heterocycles. The van der Waals surface area contributed by atoms with Crippen LogP contribution in [0.25, 0.3) is 0 Å². The van der Waals surface area contributed by atoms with Crippen molar-refractivity contribution < 1.29 is 19.3 Å². The zero-order valence-electron chi connectivity index (χ0n) is 9.79. The van der Waals surface area contributed by atoms with Gasteiger partial charge in [-0.3, -0.25) is 10.1 Å². The lowest BCUT2D eigenvalue weighted by Gasteiger charge is -2.16. The summed E-state index contributed by atoms with van der Waals surface area (Å²) < 4.78 is 11.4. The highest BCUT2D eigenvalue weighted by Crippen LogP contribution is 2.30. The molecule has 1 fully saturated rings. The first kappa shape index (κ1) is 14.3. The lowest BCUT2D eigenvalue weighted by molar-refractivity contribution is -0.0410. The van der Waals surface area contributed by atoms with Gasteiger partial charge in [-0.15, -0.1) is 0 Å². The fourth-order valence-electron chi connectivity index (χ4n) is 1.74. The smallest absolute Gasteiger partial charge is 0.354 e. The molecule has 0 saturated carbocycles. The first-order valence-electron chi connectivity index (χ1n) is 5.38. The van der Waals surface area contributed by atoms with Crippen molar-refractivity contribution in [1.82, 2.24) is 14.5 Å². The summed E-state index contributed by atoms with van der Waals surface area (Å²) >= 11 is 0. The van der Waals surface area contributed by atoms with E-state index in [-0.39, 0.29) is 19.0 Å². The Morgan fingerprint density at radius 1 is 1.68 bits per heavy atom. The van der Waals surface area contributed by atoms with Gasteiger partial charge in [-0.2, -0.15) is 4.98 Å². The predicted molar refractivity (Wildman–Crippen MR) is 64.5 cm³/mol.